The van der Waals surface area contributed by atoms with Gasteiger partial charge in [0.25, 0.3) is 5.91 Å². The summed E-state index contributed by atoms with van der Waals surface area (Å²) in [6.07, 6.45) is 0.567. The number of thiazole rings is 1. The highest BCUT2D eigenvalue weighted by Crippen LogP contribution is 2.30. The van der Waals surface area contributed by atoms with E-state index in [-0.39, 0.29) is 11.7 Å². The molecule has 1 aliphatic heterocycles. The highest BCUT2D eigenvalue weighted by atomic mass is 79.9. The highest BCUT2D eigenvalue weighted by Gasteiger charge is 2.28. The van der Waals surface area contributed by atoms with Crippen molar-refractivity contribution in [2.24, 2.45) is 0 Å². The van der Waals surface area contributed by atoms with Crippen molar-refractivity contribution < 1.29 is 13.2 Å². The van der Waals surface area contributed by atoms with Crippen LogP contribution in [0.5, 0.6) is 0 Å². The molecular formula is C15H16BrN3O3S2. The number of halogens is 1. The van der Waals surface area contributed by atoms with Crippen LogP contribution in [0.1, 0.15) is 27.9 Å². The Bertz CT molecular complexity index is 880. The average Bonchev–Trinajstić information content (AvgIpc) is 2.96. The fraction of sp³-hybridized carbons (Fsp3) is 0.333. The molecule has 1 aromatic carbocycles. The summed E-state index contributed by atoms with van der Waals surface area (Å²) in [6.45, 7) is 2.41. The van der Waals surface area contributed by atoms with Crippen LogP contribution in [0.3, 0.4) is 0 Å². The number of nitrogens with one attached hydrogen (secondary N) is 1. The number of fused-ring (bicyclic) bond motifs is 1. The first-order valence-electron chi connectivity index (χ1n) is 7.42. The number of carbonyl (C=O) groups excluding carboxylic acids is 1. The third kappa shape index (κ3) is 3.69. The maximum atomic E-state index is 12.3. The molecule has 1 aliphatic rings. The highest BCUT2D eigenvalue weighted by molar-refractivity contribution is 9.10. The minimum absolute atomic E-state index is 0.0909. The van der Waals surface area contributed by atoms with Crippen molar-refractivity contribution in [3.05, 3.63) is 44.9 Å². The van der Waals surface area contributed by atoms with Gasteiger partial charge in [-0.3, -0.25) is 10.1 Å². The number of hydrogen-bond acceptors (Lipinski definition) is 5. The molecule has 0 fully saturated rings. The van der Waals surface area contributed by atoms with Gasteiger partial charge < -0.3 is 0 Å². The van der Waals surface area contributed by atoms with E-state index in [1.54, 1.807) is 25.1 Å². The summed E-state index contributed by atoms with van der Waals surface area (Å²) >= 11 is 4.67. The zero-order valence-electron chi connectivity index (χ0n) is 13.0. The minimum Gasteiger partial charge on any atom is -0.298 e. The summed E-state index contributed by atoms with van der Waals surface area (Å²) in [5, 5.41) is 3.29. The molecule has 0 saturated carbocycles. The number of anilines is 1. The van der Waals surface area contributed by atoms with Crippen LogP contribution in [-0.4, -0.2) is 35.9 Å². The lowest BCUT2D eigenvalue weighted by atomic mass is 10.2. The van der Waals surface area contributed by atoms with Gasteiger partial charge in [0.15, 0.2) is 5.13 Å². The Balaban J connectivity index is 1.75. The Kier molecular flexibility index (Phi) is 5.05. The number of sulfonamides is 1. The van der Waals surface area contributed by atoms with Crippen molar-refractivity contribution in [1.82, 2.24) is 9.29 Å². The number of hydrogen-bond donors (Lipinski definition) is 1. The molecule has 9 heteroatoms. The van der Waals surface area contributed by atoms with Gasteiger partial charge in [-0.15, -0.1) is 11.3 Å². The monoisotopic (exact) mass is 429 g/mol. The van der Waals surface area contributed by atoms with Gasteiger partial charge in [0.1, 0.15) is 0 Å². The van der Waals surface area contributed by atoms with Crippen molar-refractivity contribution in [3.8, 4) is 0 Å². The van der Waals surface area contributed by atoms with Crippen molar-refractivity contribution in [3.63, 3.8) is 0 Å². The van der Waals surface area contributed by atoms with Gasteiger partial charge in [0.05, 0.1) is 11.4 Å². The van der Waals surface area contributed by atoms with E-state index in [0.717, 1.165) is 15.0 Å². The number of carbonyl (C=O) groups is 1. The first kappa shape index (κ1) is 17.5. The van der Waals surface area contributed by atoms with Crippen LogP contribution in [0.2, 0.25) is 0 Å². The standard InChI is InChI=1S/C15H16BrN3O3S2/c1-2-24(21,22)19-7-6-12-13(9-19)23-15(17-12)18-14(20)10-4-3-5-11(16)8-10/h3-5,8H,2,6-7,9H2,1H3,(H,17,18,20). The van der Waals surface area contributed by atoms with Gasteiger partial charge in [-0.1, -0.05) is 22.0 Å². The summed E-state index contributed by atoms with van der Waals surface area (Å²) in [6, 6.07) is 7.10. The first-order chi connectivity index (χ1) is 11.4. The lowest BCUT2D eigenvalue weighted by Crippen LogP contribution is -2.36. The largest absolute Gasteiger partial charge is 0.298 e. The van der Waals surface area contributed by atoms with E-state index in [4.69, 9.17) is 0 Å². The van der Waals surface area contributed by atoms with Crippen LogP contribution >= 0.6 is 27.3 Å². The number of amides is 1. The quantitative estimate of drug-likeness (QED) is 0.809. The number of rotatable bonds is 4. The number of aromatic nitrogens is 1. The average molecular weight is 430 g/mol. The van der Waals surface area contributed by atoms with Gasteiger partial charge in [0.2, 0.25) is 10.0 Å². The Morgan fingerprint density at radius 1 is 1.46 bits per heavy atom. The Morgan fingerprint density at radius 3 is 2.96 bits per heavy atom. The van der Waals surface area contributed by atoms with E-state index in [1.165, 1.54) is 15.6 Å². The fourth-order valence-electron chi connectivity index (χ4n) is 2.44. The second kappa shape index (κ2) is 6.91. The predicted molar refractivity (Wildman–Crippen MR) is 97.8 cm³/mol. The number of nitrogens with zero attached hydrogens (tertiary/aromatic N) is 2. The van der Waals surface area contributed by atoms with Gasteiger partial charge in [-0.25, -0.2) is 13.4 Å². The summed E-state index contributed by atoms with van der Waals surface area (Å²) in [5.41, 5.74) is 1.40. The number of benzene rings is 1. The predicted octanol–water partition coefficient (Wildman–Crippen LogP) is 2.87. The van der Waals surface area contributed by atoms with E-state index in [0.29, 0.717) is 30.2 Å². The molecule has 0 atom stereocenters. The van der Waals surface area contributed by atoms with Crippen molar-refractivity contribution in [1.29, 1.82) is 0 Å². The molecule has 0 saturated heterocycles. The summed E-state index contributed by atoms with van der Waals surface area (Å²) in [4.78, 5) is 17.6. The van der Waals surface area contributed by atoms with Crippen LogP contribution in [0.15, 0.2) is 28.7 Å². The maximum absolute atomic E-state index is 12.3. The molecule has 0 unspecified atom stereocenters. The first-order valence-corrected chi connectivity index (χ1v) is 10.6. The Hall–Kier alpha value is -1.29. The zero-order valence-corrected chi connectivity index (χ0v) is 16.2. The second-order valence-electron chi connectivity index (χ2n) is 5.34. The zero-order chi connectivity index (χ0) is 17.3. The van der Waals surface area contributed by atoms with Gasteiger partial charge in [-0.05, 0) is 25.1 Å². The molecule has 0 bridgehead atoms. The lowest BCUT2D eigenvalue weighted by Gasteiger charge is -2.24. The molecule has 128 valence electrons. The third-order valence-electron chi connectivity index (χ3n) is 3.76. The molecule has 3 rings (SSSR count). The summed E-state index contributed by atoms with van der Waals surface area (Å²) < 4.78 is 26.3. The molecule has 0 radical (unpaired) electrons. The van der Waals surface area contributed by atoms with E-state index in [1.807, 2.05) is 6.07 Å². The maximum Gasteiger partial charge on any atom is 0.257 e. The molecule has 1 aromatic heterocycles. The Morgan fingerprint density at radius 2 is 2.25 bits per heavy atom. The molecule has 2 aromatic rings. The molecule has 6 nitrogen and oxygen atoms in total. The SMILES string of the molecule is CCS(=O)(=O)N1CCc2nc(NC(=O)c3cccc(Br)c3)sc2C1. The van der Waals surface area contributed by atoms with Crippen LogP contribution in [-0.2, 0) is 23.0 Å². The molecular weight excluding hydrogens is 414 g/mol. The van der Waals surface area contributed by atoms with Crippen LogP contribution in [0.4, 0.5) is 5.13 Å². The van der Waals surface area contributed by atoms with Crippen molar-refractivity contribution in [2.75, 3.05) is 17.6 Å². The van der Waals surface area contributed by atoms with Crippen molar-refractivity contribution >= 4 is 48.3 Å². The van der Waals surface area contributed by atoms with Gasteiger partial charge in [0, 0.05) is 34.4 Å². The molecule has 0 spiro atoms. The van der Waals surface area contributed by atoms with Crippen LogP contribution < -0.4 is 5.32 Å². The van der Waals surface area contributed by atoms with E-state index >= 15 is 0 Å². The van der Waals surface area contributed by atoms with Crippen molar-refractivity contribution in [2.45, 2.75) is 19.9 Å². The van der Waals surface area contributed by atoms with Crippen LogP contribution in [0.25, 0.3) is 0 Å². The molecule has 1 N–H and O–H groups in total. The van der Waals surface area contributed by atoms with Crippen LogP contribution in [0, 0.1) is 0 Å². The topological polar surface area (TPSA) is 79.4 Å². The van der Waals surface area contributed by atoms with E-state index in [2.05, 4.69) is 26.2 Å². The molecule has 0 aliphatic carbocycles. The fourth-order valence-corrected chi connectivity index (χ4v) is 5.00. The lowest BCUT2D eigenvalue weighted by molar-refractivity contribution is 0.102. The smallest absolute Gasteiger partial charge is 0.257 e. The molecule has 1 amide bonds. The van der Waals surface area contributed by atoms with E-state index < -0.39 is 10.0 Å². The minimum atomic E-state index is -3.21. The van der Waals surface area contributed by atoms with Gasteiger partial charge in [-0.2, -0.15) is 4.31 Å². The summed E-state index contributed by atoms with van der Waals surface area (Å²) in [5.74, 6) is -0.145. The molecule has 24 heavy (non-hydrogen) atoms. The third-order valence-corrected chi connectivity index (χ3v) is 7.08. The Labute approximate surface area is 153 Å². The molecule has 2 heterocycles. The van der Waals surface area contributed by atoms with E-state index in [9.17, 15) is 13.2 Å². The second-order valence-corrected chi connectivity index (χ2v) is 9.59. The van der Waals surface area contributed by atoms with Gasteiger partial charge >= 0.3 is 0 Å². The normalized spacial score (nSPS) is 15.1. The summed E-state index contributed by atoms with van der Waals surface area (Å²) in [7, 11) is -3.21.